The molecule has 0 aromatic rings. The number of hydrogen-bond acceptors (Lipinski definition) is 0. The van der Waals surface area contributed by atoms with Crippen molar-refractivity contribution in [3.05, 3.63) is 6.92 Å². The molecule has 2 radical (unpaired) electrons. The SMILES string of the molecule is C#C[CH2-].C[B]C.[Y]. The average molecular weight is 169 g/mol. The van der Waals surface area contributed by atoms with Gasteiger partial charge in [-0.2, -0.15) is 6.92 Å². The van der Waals surface area contributed by atoms with Crippen LogP contribution >= 0.6 is 0 Å². The summed E-state index contributed by atoms with van der Waals surface area (Å²) < 4.78 is 0. The van der Waals surface area contributed by atoms with Gasteiger partial charge in [-0.1, -0.05) is 13.6 Å². The molecule has 0 aliphatic heterocycles. The van der Waals surface area contributed by atoms with E-state index in [0.29, 0.717) is 0 Å². The van der Waals surface area contributed by atoms with Crippen LogP contribution in [0.1, 0.15) is 0 Å². The Hall–Kier alpha value is 0.599. The van der Waals surface area contributed by atoms with Gasteiger partial charge in [0.25, 0.3) is 0 Å². The van der Waals surface area contributed by atoms with Crippen LogP contribution in [-0.2, 0) is 32.7 Å². The van der Waals surface area contributed by atoms with E-state index in [1.54, 1.807) is 0 Å². The number of rotatable bonds is 0. The van der Waals surface area contributed by atoms with Crippen molar-refractivity contribution in [2.75, 3.05) is 0 Å². The summed E-state index contributed by atoms with van der Waals surface area (Å²) >= 11 is 0. The molecule has 0 unspecified atom stereocenters. The van der Waals surface area contributed by atoms with E-state index in [1.165, 1.54) is 0 Å². The zero-order chi connectivity index (χ0) is 5.41. The molecule has 0 heterocycles. The summed E-state index contributed by atoms with van der Waals surface area (Å²) in [6.45, 7) is 7.01. The third-order valence-corrected chi connectivity index (χ3v) is 0. The molecule has 0 aliphatic rings. The van der Waals surface area contributed by atoms with Gasteiger partial charge in [0, 0.05) is 32.7 Å². The Morgan fingerprint density at radius 1 is 1.57 bits per heavy atom. The largest absolute Gasteiger partial charge is 0.345 e. The van der Waals surface area contributed by atoms with Crippen molar-refractivity contribution >= 4 is 7.28 Å². The predicted molar refractivity (Wildman–Crippen MR) is 31.7 cm³/mol. The van der Waals surface area contributed by atoms with Gasteiger partial charge in [0.15, 0.2) is 0 Å². The minimum absolute atomic E-state index is 0. The van der Waals surface area contributed by atoms with E-state index in [1.807, 2.05) is 26.8 Å². The average Bonchev–Trinajstić information content (AvgIpc) is 1.39. The molecular weight excluding hydrogens is 160 g/mol. The fraction of sp³-hybridized carbons (Fsp3) is 0.400. The van der Waals surface area contributed by atoms with Gasteiger partial charge in [-0.25, -0.2) is 0 Å². The van der Waals surface area contributed by atoms with Gasteiger partial charge in [0.2, 0.25) is 0 Å². The third-order valence-electron chi connectivity index (χ3n) is 0. The van der Waals surface area contributed by atoms with E-state index in [-0.39, 0.29) is 32.7 Å². The molecule has 0 N–H and O–H groups in total. The first-order valence-corrected chi connectivity index (χ1v) is 1.80. The van der Waals surface area contributed by atoms with E-state index in [4.69, 9.17) is 0 Å². The Morgan fingerprint density at radius 3 is 1.57 bits per heavy atom. The van der Waals surface area contributed by atoms with Crippen LogP contribution in [0.2, 0.25) is 13.6 Å². The summed E-state index contributed by atoms with van der Waals surface area (Å²) in [5.41, 5.74) is 0. The molecule has 0 spiro atoms. The normalized spacial score (nSPS) is 3.00. The molecule has 0 aromatic carbocycles. The molecule has 0 fully saturated rings. The first-order chi connectivity index (χ1) is 2.83. The van der Waals surface area contributed by atoms with Crippen LogP contribution in [-0.4, -0.2) is 7.28 Å². The van der Waals surface area contributed by atoms with Gasteiger partial charge in [0.1, 0.15) is 7.28 Å². The molecule has 0 aliphatic carbocycles. The number of terminal acetylenes is 1. The Balaban J connectivity index is -0.0000000400. The summed E-state index contributed by atoms with van der Waals surface area (Å²) in [6, 6.07) is 0. The summed E-state index contributed by atoms with van der Waals surface area (Å²) in [5.74, 6) is 2.00. The molecule has 0 rings (SSSR count). The Morgan fingerprint density at radius 2 is 1.57 bits per heavy atom. The van der Waals surface area contributed by atoms with Gasteiger partial charge in [-0.15, -0.1) is 0 Å². The summed E-state index contributed by atoms with van der Waals surface area (Å²) in [4.78, 5) is 0. The fourth-order valence-corrected chi connectivity index (χ4v) is 0. The van der Waals surface area contributed by atoms with Crippen molar-refractivity contribution in [1.82, 2.24) is 0 Å². The van der Waals surface area contributed by atoms with Crippen LogP contribution in [0.3, 0.4) is 0 Å². The summed E-state index contributed by atoms with van der Waals surface area (Å²) in [5, 5.41) is 0. The van der Waals surface area contributed by atoms with Crippen molar-refractivity contribution in [3.63, 3.8) is 0 Å². The fourth-order valence-electron chi connectivity index (χ4n) is 0. The van der Waals surface area contributed by atoms with Crippen LogP contribution < -0.4 is 0 Å². The van der Waals surface area contributed by atoms with E-state index >= 15 is 0 Å². The smallest absolute Gasteiger partial charge is 0.102 e. The van der Waals surface area contributed by atoms with Crippen LogP contribution in [0.4, 0.5) is 0 Å². The minimum Gasteiger partial charge on any atom is -0.345 e. The van der Waals surface area contributed by atoms with Crippen molar-refractivity contribution < 1.29 is 32.7 Å². The molecule has 0 saturated heterocycles. The first-order valence-electron chi connectivity index (χ1n) is 1.80. The van der Waals surface area contributed by atoms with E-state index in [9.17, 15) is 0 Å². The minimum atomic E-state index is 0. The molecule has 7 heavy (non-hydrogen) atoms. The van der Waals surface area contributed by atoms with Gasteiger partial charge in [-0.3, -0.25) is 0 Å². The van der Waals surface area contributed by atoms with Crippen molar-refractivity contribution in [1.29, 1.82) is 0 Å². The zero-order valence-corrected chi connectivity index (χ0v) is 7.78. The van der Waals surface area contributed by atoms with Crippen LogP contribution in [0, 0.1) is 19.3 Å². The van der Waals surface area contributed by atoms with E-state index in [2.05, 4.69) is 13.3 Å². The second kappa shape index (κ2) is 30.6. The molecule has 0 amide bonds. The predicted octanol–water partition coefficient (Wildman–Crippen LogP) is 1.24. The molecule has 0 nitrogen and oxygen atoms in total. The van der Waals surface area contributed by atoms with Gasteiger partial charge >= 0.3 is 0 Å². The van der Waals surface area contributed by atoms with Crippen molar-refractivity contribution in [3.8, 4) is 12.3 Å². The first kappa shape index (κ1) is 15.6. The maximum atomic E-state index is 4.49. The molecule has 0 aromatic heterocycles. The Bertz CT molecular complexity index is 37.8. The molecule has 0 bridgehead atoms. The van der Waals surface area contributed by atoms with Crippen LogP contribution in [0.5, 0.6) is 0 Å². The molecule has 0 atom stereocenters. The third kappa shape index (κ3) is 389. The summed E-state index contributed by atoms with van der Waals surface area (Å²) in [7, 11) is 2.00. The monoisotopic (exact) mass is 169 g/mol. The molecule has 2 heteroatoms. The quantitative estimate of drug-likeness (QED) is 0.290. The zero-order valence-electron chi connectivity index (χ0n) is 4.94. The van der Waals surface area contributed by atoms with Gasteiger partial charge < -0.3 is 12.3 Å². The van der Waals surface area contributed by atoms with Gasteiger partial charge in [-0.05, 0) is 0 Å². The maximum Gasteiger partial charge on any atom is 0.102 e. The second-order valence-electron chi connectivity index (χ2n) is 0.781. The molecular formula is C5H9BY-. The molecule has 0 saturated carbocycles. The Labute approximate surface area is 72.6 Å². The van der Waals surface area contributed by atoms with Crippen molar-refractivity contribution in [2.45, 2.75) is 13.6 Å². The van der Waals surface area contributed by atoms with E-state index in [0.717, 1.165) is 0 Å². The topological polar surface area (TPSA) is 0 Å². The standard InChI is InChI=1S/C3H3.C2H6B.Y/c2*1-3-2;/h1H,2H2;1-2H3;/q-1;;. The second-order valence-corrected chi connectivity index (χ2v) is 0.781. The maximum absolute atomic E-state index is 4.49. The van der Waals surface area contributed by atoms with Crippen LogP contribution in [0.15, 0.2) is 0 Å². The Kier molecular flexibility index (Phi) is 68.5. The van der Waals surface area contributed by atoms with Gasteiger partial charge in [0.05, 0.1) is 0 Å². The summed E-state index contributed by atoms with van der Waals surface area (Å²) in [6.07, 6.45) is 4.49. The van der Waals surface area contributed by atoms with Crippen molar-refractivity contribution in [2.24, 2.45) is 0 Å². The number of hydrogen-bond donors (Lipinski definition) is 0. The van der Waals surface area contributed by atoms with Crippen LogP contribution in [0.25, 0.3) is 0 Å². The van der Waals surface area contributed by atoms with E-state index < -0.39 is 0 Å². The molecule has 36 valence electrons.